The fourth-order valence-corrected chi connectivity index (χ4v) is 2.17. The minimum absolute atomic E-state index is 0.217. The summed E-state index contributed by atoms with van der Waals surface area (Å²) in [6.45, 7) is 3.20. The summed E-state index contributed by atoms with van der Waals surface area (Å²) in [5.74, 6) is -1.94. The lowest BCUT2D eigenvalue weighted by Crippen LogP contribution is -2.21. The van der Waals surface area contributed by atoms with E-state index in [1.165, 1.54) is 0 Å². The zero-order chi connectivity index (χ0) is 18.6. The molecule has 130 valence electrons. The average molecular weight is 344 g/mol. The van der Waals surface area contributed by atoms with Crippen molar-refractivity contribution in [1.82, 2.24) is 0 Å². The molecular formula is C17H16N2O6. The van der Waals surface area contributed by atoms with Gasteiger partial charge in [-0.15, -0.1) is 0 Å². The zero-order valence-corrected chi connectivity index (χ0v) is 13.6. The first-order valence-electron chi connectivity index (χ1n) is 7.29. The lowest BCUT2D eigenvalue weighted by molar-refractivity contribution is -0.385. The Labute approximate surface area is 143 Å². The molecule has 2 aromatic carbocycles. The number of nitro benzene ring substituents is 1. The number of aromatic hydroxyl groups is 1. The van der Waals surface area contributed by atoms with E-state index in [0.29, 0.717) is 5.69 Å². The van der Waals surface area contributed by atoms with Crippen LogP contribution < -0.4 is 5.32 Å². The van der Waals surface area contributed by atoms with Crippen LogP contribution in [0.15, 0.2) is 36.4 Å². The SMILES string of the molecule is Cc1ccc(NC(=O)COC(=O)c2cc(O)cc([N+](=O)[O-])c2)c(C)c1. The van der Waals surface area contributed by atoms with Crippen LogP contribution in [0.25, 0.3) is 0 Å². The zero-order valence-electron chi connectivity index (χ0n) is 13.6. The summed E-state index contributed by atoms with van der Waals surface area (Å²) in [7, 11) is 0. The lowest BCUT2D eigenvalue weighted by atomic mass is 10.1. The van der Waals surface area contributed by atoms with Gasteiger partial charge in [-0.3, -0.25) is 14.9 Å². The number of esters is 1. The number of rotatable bonds is 5. The van der Waals surface area contributed by atoms with Gasteiger partial charge in [-0.1, -0.05) is 17.7 Å². The molecule has 25 heavy (non-hydrogen) atoms. The maximum absolute atomic E-state index is 11.9. The number of carbonyl (C=O) groups is 2. The van der Waals surface area contributed by atoms with Crippen molar-refractivity contribution in [3.8, 4) is 5.75 Å². The molecule has 0 bridgehead atoms. The van der Waals surface area contributed by atoms with E-state index >= 15 is 0 Å². The Morgan fingerprint density at radius 1 is 1.20 bits per heavy atom. The van der Waals surface area contributed by atoms with Crippen molar-refractivity contribution in [2.24, 2.45) is 0 Å². The molecule has 2 rings (SSSR count). The van der Waals surface area contributed by atoms with Crippen molar-refractivity contribution in [1.29, 1.82) is 0 Å². The topological polar surface area (TPSA) is 119 Å². The molecule has 8 heteroatoms. The molecule has 2 N–H and O–H groups in total. The number of amides is 1. The van der Waals surface area contributed by atoms with Gasteiger partial charge in [0.25, 0.3) is 11.6 Å². The van der Waals surface area contributed by atoms with Crippen LogP contribution >= 0.6 is 0 Å². The summed E-state index contributed by atoms with van der Waals surface area (Å²) >= 11 is 0. The quantitative estimate of drug-likeness (QED) is 0.489. The van der Waals surface area contributed by atoms with E-state index in [4.69, 9.17) is 4.74 Å². The van der Waals surface area contributed by atoms with Crippen molar-refractivity contribution >= 4 is 23.3 Å². The highest BCUT2D eigenvalue weighted by atomic mass is 16.6. The number of hydrogen-bond donors (Lipinski definition) is 2. The number of nitro groups is 1. The Morgan fingerprint density at radius 3 is 2.56 bits per heavy atom. The first-order chi connectivity index (χ1) is 11.8. The normalized spacial score (nSPS) is 10.2. The van der Waals surface area contributed by atoms with Crippen LogP contribution in [0.5, 0.6) is 5.75 Å². The molecule has 2 aromatic rings. The number of anilines is 1. The number of non-ortho nitro benzene ring substituents is 1. The number of ether oxygens (including phenoxy) is 1. The van der Waals surface area contributed by atoms with E-state index in [-0.39, 0.29) is 5.56 Å². The fraction of sp³-hybridized carbons (Fsp3) is 0.176. The summed E-state index contributed by atoms with van der Waals surface area (Å²) in [5, 5.41) is 22.8. The summed E-state index contributed by atoms with van der Waals surface area (Å²) in [6, 6.07) is 8.36. The van der Waals surface area contributed by atoms with Gasteiger partial charge in [0.2, 0.25) is 0 Å². The van der Waals surface area contributed by atoms with Crippen molar-refractivity contribution in [3.05, 3.63) is 63.2 Å². The molecular weight excluding hydrogens is 328 g/mol. The molecule has 0 heterocycles. The third kappa shape index (κ3) is 4.77. The molecule has 0 saturated carbocycles. The van der Waals surface area contributed by atoms with Crippen molar-refractivity contribution < 1.29 is 24.4 Å². The molecule has 8 nitrogen and oxygen atoms in total. The largest absolute Gasteiger partial charge is 0.508 e. The molecule has 0 aromatic heterocycles. The lowest BCUT2D eigenvalue weighted by Gasteiger charge is -2.09. The van der Waals surface area contributed by atoms with E-state index in [9.17, 15) is 24.8 Å². The van der Waals surface area contributed by atoms with Gasteiger partial charge < -0.3 is 15.2 Å². The predicted octanol–water partition coefficient (Wildman–Crippen LogP) is 2.71. The molecule has 0 aliphatic heterocycles. The first-order valence-corrected chi connectivity index (χ1v) is 7.29. The molecule has 0 unspecified atom stereocenters. The smallest absolute Gasteiger partial charge is 0.339 e. The number of nitrogens with zero attached hydrogens (tertiary/aromatic N) is 1. The van der Waals surface area contributed by atoms with Gasteiger partial charge in [0.05, 0.1) is 16.6 Å². The van der Waals surface area contributed by atoms with Gasteiger partial charge in [0.1, 0.15) is 5.75 Å². The minimum Gasteiger partial charge on any atom is -0.508 e. The number of phenols is 1. The predicted molar refractivity (Wildman–Crippen MR) is 89.6 cm³/mol. The van der Waals surface area contributed by atoms with Crippen LogP contribution in [-0.4, -0.2) is 28.5 Å². The van der Waals surface area contributed by atoms with Gasteiger partial charge in [-0.25, -0.2) is 4.79 Å². The van der Waals surface area contributed by atoms with E-state index in [0.717, 1.165) is 29.3 Å². The molecule has 0 atom stereocenters. The maximum Gasteiger partial charge on any atom is 0.339 e. The number of hydrogen-bond acceptors (Lipinski definition) is 6. The van der Waals surface area contributed by atoms with Crippen LogP contribution in [0.3, 0.4) is 0 Å². The summed E-state index contributed by atoms with van der Waals surface area (Å²) in [4.78, 5) is 33.8. The molecule has 0 aliphatic carbocycles. The summed E-state index contributed by atoms with van der Waals surface area (Å²) in [5.41, 5.74) is 1.84. The third-order valence-corrected chi connectivity index (χ3v) is 3.34. The number of carbonyl (C=O) groups excluding carboxylic acids is 2. The van der Waals surface area contributed by atoms with Crippen molar-refractivity contribution in [2.75, 3.05) is 11.9 Å². The molecule has 0 spiro atoms. The van der Waals surface area contributed by atoms with Crippen LogP contribution in [0.4, 0.5) is 11.4 Å². The number of benzene rings is 2. The van der Waals surface area contributed by atoms with E-state index in [1.54, 1.807) is 6.07 Å². The third-order valence-electron chi connectivity index (χ3n) is 3.34. The van der Waals surface area contributed by atoms with E-state index in [1.807, 2.05) is 26.0 Å². The molecule has 0 radical (unpaired) electrons. The van der Waals surface area contributed by atoms with Crippen LogP contribution in [-0.2, 0) is 9.53 Å². The second-order valence-corrected chi connectivity index (χ2v) is 5.44. The average Bonchev–Trinajstić information content (AvgIpc) is 2.54. The second kappa shape index (κ2) is 7.43. The Bertz CT molecular complexity index is 847. The molecule has 0 fully saturated rings. The highest BCUT2D eigenvalue weighted by Gasteiger charge is 2.16. The monoisotopic (exact) mass is 344 g/mol. The Hall–Kier alpha value is -3.42. The van der Waals surface area contributed by atoms with Crippen LogP contribution in [0.1, 0.15) is 21.5 Å². The van der Waals surface area contributed by atoms with Crippen LogP contribution in [0.2, 0.25) is 0 Å². The number of phenolic OH excluding ortho intramolecular Hbond substituents is 1. The van der Waals surface area contributed by atoms with E-state index < -0.39 is 34.8 Å². The minimum atomic E-state index is -0.949. The fourth-order valence-electron chi connectivity index (χ4n) is 2.17. The first kappa shape index (κ1) is 17.9. The van der Waals surface area contributed by atoms with Crippen molar-refractivity contribution in [2.45, 2.75) is 13.8 Å². The number of nitrogens with one attached hydrogen (secondary N) is 1. The summed E-state index contributed by atoms with van der Waals surface area (Å²) < 4.78 is 4.83. The Kier molecular flexibility index (Phi) is 5.33. The van der Waals surface area contributed by atoms with Crippen molar-refractivity contribution in [3.63, 3.8) is 0 Å². The molecule has 0 saturated heterocycles. The van der Waals surface area contributed by atoms with Crippen LogP contribution in [0, 0.1) is 24.0 Å². The van der Waals surface area contributed by atoms with Gasteiger partial charge in [0, 0.05) is 11.8 Å². The second-order valence-electron chi connectivity index (χ2n) is 5.44. The van der Waals surface area contributed by atoms with E-state index in [2.05, 4.69) is 5.32 Å². The highest BCUT2D eigenvalue weighted by Crippen LogP contribution is 2.22. The standard InChI is InChI=1S/C17H16N2O6/c1-10-3-4-15(11(2)5-10)18-16(21)9-25-17(22)12-6-13(19(23)24)8-14(20)7-12/h3-8,20H,9H2,1-2H3,(H,18,21). The van der Waals surface area contributed by atoms with Gasteiger partial charge >= 0.3 is 5.97 Å². The summed E-state index contributed by atoms with van der Waals surface area (Å²) in [6.07, 6.45) is 0. The van der Waals surface area contributed by atoms with Gasteiger partial charge in [-0.05, 0) is 31.5 Å². The highest BCUT2D eigenvalue weighted by molar-refractivity contribution is 5.96. The Morgan fingerprint density at radius 2 is 1.92 bits per heavy atom. The molecule has 1 amide bonds. The number of aryl methyl sites for hydroxylation is 2. The van der Waals surface area contributed by atoms with Gasteiger partial charge in [-0.2, -0.15) is 0 Å². The maximum atomic E-state index is 11.9. The molecule has 0 aliphatic rings. The van der Waals surface area contributed by atoms with Gasteiger partial charge in [0.15, 0.2) is 6.61 Å². The Balaban J connectivity index is 2.00.